The second kappa shape index (κ2) is 2.82. The second-order valence-corrected chi connectivity index (χ2v) is 2.29. The number of nitrogens with zero attached hydrogens (tertiary/aromatic N) is 3. The van der Waals surface area contributed by atoms with Crippen molar-refractivity contribution in [3.63, 3.8) is 0 Å². The van der Waals surface area contributed by atoms with Crippen LogP contribution in [0.5, 0.6) is 0 Å². The fourth-order valence-electron chi connectivity index (χ4n) is 1.04. The molecule has 1 aromatic heterocycles. The summed E-state index contributed by atoms with van der Waals surface area (Å²) >= 11 is 0. The quantitative estimate of drug-likeness (QED) is 0.610. The first-order chi connectivity index (χ1) is 4.77. The molecule has 0 aliphatic carbocycles. The third-order valence-corrected chi connectivity index (χ3v) is 1.53. The minimum Gasteiger partial charge on any atom is -0.188 e. The predicted molar refractivity (Wildman–Crippen MR) is 39.8 cm³/mol. The molecule has 0 atom stereocenters. The molecular weight excluding hydrogens is 126 g/mol. The zero-order valence-electron chi connectivity index (χ0n) is 6.76. The third kappa shape index (κ3) is 1.17. The summed E-state index contributed by atoms with van der Waals surface area (Å²) in [6.07, 6.45) is 1.97. The average molecular weight is 139 g/mol. The van der Waals surface area contributed by atoms with Crippen LogP contribution in [-0.2, 0) is 19.9 Å². The molecule has 0 saturated heterocycles. The lowest BCUT2D eigenvalue weighted by atomic mass is 10.2. The van der Waals surface area contributed by atoms with Crippen molar-refractivity contribution in [1.82, 2.24) is 15.0 Å². The van der Waals surface area contributed by atoms with Gasteiger partial charge in [0.15, 0.2) is 0 Å². The number of aryl methyl sites for hydroxylation is 3. The number of hydrogen-bond acceptors (Lipinski definition) is 2. The molecule has 1 rings (SSSR count). The Kier molecular flexibility index (Phi) is 2.04. The SMILES string of the molecule is CCc1nn(C)nc1CC. The van der Waals surface area contributed by atoms with Crippen LogP contribution >= 0.6 is 0 Å². The second-order valence-electron chi connectivity index (χ2n) is 2.29. The van der Waals surface area contributed by atoms with Crippen LogP contribution in [0.3, 0.4) is 0 Å². The maximum absolute atomic E-state index is 4.21. The van der Waals surface area contributed by atoms with E-state index in [0.29, 0.717) is 0 Å². The molecule has 1 aromatic rings. The van der Waals surface area contributed by atoms with Gasteiger partial charge in [0.1, 0.15) is 0 Å². The van der Waals surface area contributed by atoms with E-state index in [1.165, 1.54) is 0 Å². The molecule has 0 spiro atoms. The molecule has 0 amide bonds. The van der Waals surface area contributed by atoms with Crippen molar-refractivity contribution >= 4 is 0 Å². The Balaban J connectivity index is 2.96. The van der Waals surface area contributed by atoms with Gasteiger partial charge in [-0.05, 0) is 12.8 Å². The van der Waals surface area contributed by atoms with E-state index in [2.05, 4.69) is 24.0 Å². The predicted octanol–water partition coefficient (Wildman–Crippen LogP) is 0.940. The van der Waals surface area contributed by atoms with Gasteiger partial charge in [-0.25, -0.2) is 0 Å². The Bertz CT molecular complexity index is 193. The maximum Gasteiger partial charge on any atom is 0.0856 e. The summed E-state index contributed by atoms with van der Waals surface area (Å²) in [6.45, 7) is 4.20. The monoisotopic (exact) mass is 139 g/mol. The van der Waals surface area contributed by atoms with Gasteiger partial charge in [-0.15, -0.1) is 0 Å². The Morgan fingerprint density at radius 2 is 1.50 bits per heavy atom. The van der Waals surface area contributed by atoms with Gasteiger partial charge in [0.25, 0.3) is 0 Å². The molecule has 0 N–H and O–H groups in total. The minimum atomic E-state index is 0.983. The molecule has 56 valence electrons. The van der Waals surface area contributed by atoms with Crippen LogP contribution in [0.1, 0.15) is 25.2 Å². The summed E-state index contributed by atoms with van der Waals surface area (Å²) in [5.41, 5.74) is 2.26. The van der Waals surface area contributed by atoms with Crippen LogP contribution in [-0.4, -0.2) is 15.0 Å². The van der Waals surface area contributed by atoms with Crippen LogP contribution in [0.15, 0.2) is 0 Å². The fourth-order valence-corrected chi connectivity index (χ4v) is 1.04. The van der Waals surface area contributed by atoms with Crippen molar-refractivity contribution in [1.29, 1.82) is 0 Å². The van der Waals surface area contributed by atoms with E-state index in [0.717, 1.165) is 24.2 Å². The summed E-state index contributed by atoms with van der Waals surface area (Å²) in [6, 6.07) is 0. The van der Waals surface area contributed by atoms with Gasteiger partial charge in [0.2, 0.25) is 0 Å². The van der Waals surface area contributed by atoms with E-state index >= 15 is 0 Å². The highest BCUT2D eigenvalue weighted by Gasteiger charge is 2.03. The Hall–Kier alpha value is -0.860. The van der Waals surface area contributed by atoms with Gasteiger partial charge in [-0.3, -0.25) is 0 Å². The van der Waals surface area contributed by atoms with Crippen molar-refractivity contribution in [2.24, 2.45) is 7.05 Å². The molecule has 3 nitrogen and oxygen atoms in total. The summed E-state index contributed by atoms with van der Waals surface area (Å²) in [7, 11) is 1.86. The van der Waals surface area contributed by atoms with Gasteiger partial charge < -0.3 is 0 Å². The van der Waals surface area contributed by atoms with Gasteiger partial charge in [-0.1, -0.05) is 13.8 Å². The van der Waals surface area contributed by atoms with Crippen LogP contribution in [0.25, 0.3) is 0 Å². The van der Waals surface area contributed by atoms with E-state index in [1.807, 2.05) is 7.05 Å². The minimum absolute atomic E-state index is 0.983. The topological polar surface area (TPSA) is 30.7 Å². The summed E-state index contributed by atoms with van der Waals surface area (Å²) in [5, 5.41) is 8.41. The van der Waals surface area contributed by atoms with Crippen molar-refractivity contribution in [2.75, 3.05) is 0 Å². The summed E-state index contributed by atoms with van der Waals surface area (Å²) < 4.78 is 0. The highest BCUT2D eigenvalue weighted by atomic mass is 15.5. The summed E-state index contributed by atoms with van der Waals surface area (Å²) in [5.74, 6) is 0. The molecule has 0 aromatic carbocycles. The highest BCUT2D eigenvalue weighted by Crippen LogP contribution is 2.02. The van der Waals surface area contributed by atoms with Gasteiger partial charge in [0, 0.05) is 7.05 Å². The van der Waals surface area contributed by atoms with E-state index < -0.39 is 0 Å². The molecule has 0 aliphatic heterocycles. The Morgan fingerprint density at radius 3 is 1.80 bits per heavy atom. The number of aromatic nitrogens is 3. The molecule has 1 heterocycles. The summed E-state index contributed by atoms with van der Waals surface area (Å²) in [4.78, 5) is 1.64. The highest BCUT2D eigenvalue weighted by molar-refractivity contribution is 5.07. The van der Waals surface area contributed by atoms with Crippen LogP contribution in [0.2, 0.25) is 0 Å². The molecule has 0 saturated carbocycles. The first-order valence-corrected chi connectivity index (χ1v) is 3.67. The first kappa shape index (κ1) is 7.25. The zero-order valence-corrected chi connectivity index (χ0v) is 6.76. The standard InChI is InChI=1S/C7H13N3/c1-4-6-7(5-2)9-10(3)8-6/h4-5H2,1-3H3. The Morgan fingerprint density at radius 1 is 1.10 bits per heavy atom. The van der Waals surface area contributed by atoms with Gasteiger partial charge in [0.05, 0.1) is 11.4 Å². The number of rotatable bonds is 2. The van der Waals surface area contributed by atoms with Gasteiger partial charge in [-0.2, -0.15) is 15.0 Å². The average Bonchev–Trinajstić information content (AvgIpc) is 2.30. The number of hydrogen-bond donors (Lipinski definition) is 0. The smallest absolute Gasteiger partial charge is 0.0856 e. The first-order valence-electron chi connectivity index (χ1n) is 3.67. The molecule has 0 fully saturated rings. The van der Waals surface area contributed by atoms with E-state index in [4.69, 9.17) is 0 Å². The van der Waals surface area contributed by atoms with Crippen molar-refractivity contribution < 1.29 is 0 Å². The van der Waals surface area contributed by atoms with Crippen molar-refractivity contribution in [3.05, 3.63) is 11.4 Å². The van der Waals surface area contributed by atoms with E-state index in [-0.39, 0.29) is 0 Å². The molecule has 0 aliphatic rings. The molecule has 0 radical (unpaired) electrons. The lowest BCUT2D eigenvalue weighted by Crippen LogP contribution is -1.92. The van der Waals surface area contributed by atoms with Crippen molar-refractivity contribution in [3.8, 4) is 0 Å². The third-order valence-electron chi connectivity index (χ3n) is 1.53. The molecule has 10 heavy (non-hydrogen) atoms. The normalized spacial score (nSPS) is 10.3. The molecule has 3 heteroatoms. The van der Waals surface area contributed by atoms with Crippen molar-refractivity contribution in [2.45, 2.75) is 26.7 Å². The van der Waals surface area contributed by atoms with Crippen LogP contribution in [0, 0.1) is 0 Å². The van der Waals surface area contributed by atoms with Crippen LogP contribution < -0.4 is 0 Å². The molecule has 0 bridgehead atoms. The molecule has 0 unspecified atom stereocenters. The lowest BCUT2D eigenvalue weighted by Gasteiger charge is -1.88. The van der Waals surface area contributed by atoms with Gasteiger partial charge >= 0.3 is 0 Å². The Labute approximate surface area is 61.1 Å². The molecular formula is C7H13N3. The fraction of sp³-hybridized carbons (Fsp3) is 0.714. The lowest BCUT2D eigenvalue weighted by molar-refractivity contribution is 0.640. The van der Waals surface area contributed by atoms with Crippen LogP contribution in [0.4, 0.5) is 0 Å². The zero-order chi connectivity index (χ0) is 7.56. The largest absolute Gasteiger partial charge is 0.188 e. The van der Waals surface area contributed by atoms with E-state index in [1.54, 1.807) is 4.80 Å². The maximum atomic E-state index is 4.21. The van der Waals surface area contributed by atoms with E-state index in [9.17, 15) is 0 Å².